The van der Waals surface area contributed by atoms with Crippen molar-refractivity contribution in [1.82, 2.24) is 9.88 Å². The molecular formula is C14H22N4. The van der Waals surface area contributed by atoms with Crippen LogP contribution < -0.4 is 5.32 Å². The molecule has 0 aliphatic heterocycles. The molecule has 0 radical (unpaired) electrons. The summed E-state index contributed by atoms with van der Waals surface area (Å²) in [4.78, 5) is 6.76. The highest BCUT2D eigenvalue weighted by Gasteiger charge is 2.08. The lowest BCUT2D eigenvalue weighted by Gasteiger charge is -2.23. The largest absolute Gasteiger partial charge is 0.366 e. The number of nitrogens with one attached hydrogen (secondary N) is 1. The number of nitriles is 1. The molecule has 0 fully saturated rings. The van der Waals surface area contributed by atoms with Gasteiger partial charge in [-0.25, -0.2) is 4.98 Å². The Hall–Kier alpha value is -1.60. The van der Waals surface area contributed by atoms with Crippen LogP contribution in [0, 0.1) is 18.3 Å². The van der Waals surface area contributed by atoms with Crippen molar-refractivity contribution >= 4 is 5.82 Å². The Bertz CT molecular complexity index is 418. The van der Waals surface area contributed by atoms with Gasteiger partial charge in [-0.15, -0.1) is 0 Å². The molecule has 1 rings (SSSR count). The molecule has 18 heavy (non-hydrogen) atoms. The van der Waals surface area contributed by atoms with Crippen molar-refractivity contribution in [2.24, 2.45) is 0 Å². The molecule has 1 atom stereocenters. The summed E-state index contributed by atoms with van der Waals surface area (Å²) in [6.45, 7) is 11.4. The number of pyridine rings is 1. The Labute approximate surface area is 110 Å². The van der Waals surface area contributed by atoms with Crippen LogP contribution in [0.25, 0.3) is 0 Å². The van der Waals surface area contributed by atoms with Gasteiger partial charge >= 0.3 is 0 Å². The molecule has 1 aromatic heterocycles. The molecule has 0 saturated heterocycles. The van der Waals surface area contributed by atoms with Gasteiger partial charge < -0.3 is 10.2 Å². The van der Waals surface area contributed by atoms with Crippen LogP contribution in [0.2, 0.25) is 0 Å². The van der Waals surface area contributed by atoms with E-state index in [9.17, 15) is 0 Å². The smallest absolute Gasteiger partial charge is 0.127 e. The zero-order valence-corrected chi connectivity index (χ0v) is 11.7. The van der Waals surface area contributed by atoms with Gasteiger partial charge in [-0.05, 0) is 39.1 Å². The quantitative estimate of drug-likeness (QED) is 0.837. The van der Waals surface area contributed by atoms with Crippen LogP contribution >= 0.6 is 0 Å². The van der Waals surface area contributed by atoms with Crippen molar-refractivity contribution in [1.29, 1.82) is 5.26 Å². The summed E-state index contributed by atoms with van der Waals surface area (Å²) >= 11 is 0. The standard InChI is InChI=1S/C14H22N4/c1-5-18(6-2)10-12(4)17-14-8-13(9-15)7-11(3)16-14/h7-8,12H,5-6,10H2,1-4H3,(H,16,17). The lowest BCUT2D eigenvalue weighted by molar-refractivity contribution is 0.294. The molecule has 0 aliphatic rings. The number of aryl methyl sites for hydroxylation is 1. The lowest BCUT2D eigenvalue weighted by atomic mass is 10.2. The molecule has 0 saturated carbocycles. The van der Waals surface area contributed by atoms with Crippen molar-refractivity contribution in [3.05, 3.63) is 23.4 Å². The molecule has 4 nitrogen and oxygen atoms in total. The van der Waals surface area contributed by atoms with Crippen LogP contribution in [-0.2, 0) is 0 Å². The van der Waals surface area contributed by atoms with E-state index >= 15 is 0 Å². The SMILES string of the molecule is CCN(CC)CC(C)Nc1cc(C#N)cc(C)n1. The average Bonchev–Trinajstić information content (AvgIpc) is 2.35. The highest BCUT2D eigenvalue weighted by Crippen LogP contribution is 2.10. The van der Waals surface area contributed by atoms with Crippen LogP contribution in [0.4, 0.5) is 5.82 Å². The summed E-state index contributed by atoms with van der Waals surface area (Å²) in [5, 5.41) is 12.3. The molecule has 4 heteroatoms. The van der Waals surface area contributed by atoms with Gasteiger partial charge in [0, 0.05) is 18.3 Å². The van der Waals surface area contributed by atoms with Crippen molar-refractivity contribution in [3.63, 3.8) is 0 Å². The minimum Gasteiger partial charge on any atom is -0.366 e. The van der Waals surface area contributed by atoms with E-state index in [4.69, 9.17) is 5.26 Å². The Morgan fingerprint density at radius 3 is 2.61 bits per heavy atom. The summed E-state index contributed by atoms with van der Waals surface area (Å²) in [6, 6.07) is 6.05. The summed E-state index contributed by atoms with van der Waals surface area (Å²) in [6.07, 6.45) is 0. The third kappa shape index (κ3) is 4.34. The molecular weight excluding hydrogens is 224 g/mol. The van der Waals surface area contributed by atoms with Crippen LogP contribution in [0.3, 0.4) is 0 Å². The number of rotatable bonds is 6. The fourth-order valence-corrected chi connectivity index (χ4v) is 1.97. The first-order chi connectivity index (χ1) is 8.58. The van der Waals surface area contributed by atoms with E-state index in [1.165, 1.54) is 0 Å². The first kappa shape index (κ1) is 14.5. The second-order valence-electron chi connectivity index (χ2n) is 4.53. The third-order valence-corrected chi connectivity index (χ3v) is 2.90. The van der Waals surface area contributed by atoms with Crippen molar-refractivity contribution < 1.29 is 0 Å². The van der Waals surface area contributed by atoms with Gasteiger partial charge in [0.05, 0.1) is 11.6 Å². The van der Waals surface area contributed by atoms with E-state index < -0.39 is 0 Å². The maximum absolute atomic E-state index is 8.93. The highest BCUT2D eigenvalue weighted by molar-refractivity contribution is 5.44. The predicted octanol–water partition coefficient (Wildman–Crippen LogP) is 2.40. The first-order valence-electron chi connectivity index (χ1n) is 6.46. The molecule has 1 aromatic rings. The Morgan fingerprint density at radius 2 is 2.06 bits per heavy atom. The molecule has 98 valence electrons. The summed E-state index contributed by atoms with van der Waals surface area (Å²) in [5.41, 5.74) is 1.52. The Morgan fingerprint density at radius 1 is 1.39 bits per heavy atom. The maximum Gasteiger partial charge on any atom is 0.127 e. The van der Waals surface area contributed by atoms with E-state index in [0.29, 0.717) is 11.6 Å². The predicted molar refractivity (Wildman–Crippen MR) is 74.6 cm³/mol. The van der Waals surface area contributed by atoms with Gasteiger partial charge in [-0.2, -0.15) is 5.26 Å². The Kier molecular flexibility index (Phi) is 5.60. The third-order valence-electron chi connectivity index (χ3n) is 2.90. The normalized spacial score (nSPS) is 12.2. The molecule has 1 heterocycles. The first-order valence-corrected chi connectivity index (χ1v) is 6.46. The fraction of sp³-hybridized carbons (Fsp3) is 0.571. The minimum absolute atomic E-state index is 0.311. The number of anilines is 1. The van der Waals surface area contributed by atoms with Crippen LogP contribution in [0.15, 0.2) is 12.1 Å². The van der Waals surface area contributed by atoms with Gasteiger partial charge in [0.2, 0.25) is 0 Å². The topological polar surface area (TPSA) is 52.0 Å². The van der Waals surface area contributed by atoms with Crippen molar-refractivity contribution in [2.45, 2.75) is 33.7 Å². The molecule has 1 N–H and O–H groups in total. The zero-order valence-electron chi connectivity index (χ0n) is 11.7. The minimum atomic E-state index is 0.311. The van der Waals surface area contributed by atoms with Gasteiger partial charge in [0.15, 0.2) is 0 Å². The number of nitrogens with zero attached hydrogens (tertiary/aromatic N) is 3. The lowest BCUT2D eigenvalue weighted by Crippen LogP contribution is -2.35. The number of hydrogen-bond donors (Lipinski definition) is 1. The molecule has 1 unspecified atom stereocenters. The van der Waals surface area contributed by atoms with E-state index in [1.807, 2.05) is 6.92 Å². The molecule has 0 aliphatic carbocycles. The molecule has 0 aromatic carbocycles. The summed E-state index contributed by atoms with van der Waals surface area (Å²) < 4.78 is 0. The van der Waals surface area contributed by atoms with E-state index in [-0.39, 0.29) is 0 Å². The summed E-state index contributed by atoms with van der Waals surface area (Å²) in [7, 11) is 0. The van der Waals surface area contributed by atoms with Gasteiger partial charge in [0.25, 0.3) is 0 Å². The summed E-state index contributed by atoms with van der Waals surface area (Å²) in [5.74, 6) is 0.784. The van der Waals surface area contributed by atoms with Crippen LogP contribution in [0.1, 0.15) is 32.0 Å². The van der Waals surface area contributed by atoms with Crippen LogP contribution in [0.5, 0.6) is 0 Å². The second kappa shape index (κ2) is 6.97. The van der Waals surface area contributed by atoms with Crippen molar-refractivity contribution in [3.8, 4) is 6.07 Å². The molecule has 0 amide bonds. The zero-order chi connectivity index (χ0) is 13.5. The van der Waals surface area contributed by atoms with E-state index in [1.54, 1.807) is 12.1 Å². The Balaban J connectivity index is 2.67. The van der Waals surface area contributed by atoms with E-state index in [2.05, 4.69) is 42.0 Å². The number of likely N-dealkylation sites (N-methyl/N-ethyl adjacent to an activating group) is 1. The average molecular weight is 246 g/mol. The highest BCUT2D eigenvalue weighted by atomic mass is 15.1. The number of aromatic nitrogens is 1. The van der Waals surface area contributed by atoms with Gasteiger partial charge in [0.1, 0.15) is 5.82 Å². The second-order valence-corrected chi connectivity index (χ2v) is 4.53. The van der Waals surface area contributed by atoms with Crippen LogP contribution in [-0.4, -0.2) is 35.6 Å². The van der Waals surface area contributed by atoms with Gasteiger partial charge in [-0.3, -0.25) is 0 Å². The fourth-order valence-electron chi connectivity index (χ4n) is 1.97. The van der Waals surface area contributed by atoms with E-state index in [0.717, 1.165) is 31.1 Å². The number of hydrogen-bond acceptors (Lipinski definition) is 4. The molecule has 0 bridgehead atoms. The van der Waals surface area contributed by atoms with Crippen molar-refractivity contribution in [2.75, 3.05) is 25.0 Å². The van der Waals surface area contributed by atoms with Gasteiger partial charge in [-0.1, -0.05) is 13.8 Å². The monoisotopic (exact) mass is 246 g/mol. The molecule has 0 spiro atoms. The maximum atomic E-state index is 8.93.